The molecule has 1 aromatic carbocycles. The molecule has 1 unspecified atom stereocenters. The van der Waals surface area contributed by atoms with Crippen molar-refractivity contribution in [3.63, 3.8) is 0 Å². The van der Waals surface area contributed by atoms with Crippen LogP contribution in [0.15, 0.2) is 24.3 Å². The topological polar surface area (TPSA) is 29.5 Å². The van der Waals surface area contributed by atoms with Gasteiger partial charge in [0.25, 0.3) is 0 Å². The van der Waals surface area contributed by atoms with Crippen molar-refractivity contribution in [3.8, 4) is 5.75 Å². The van der Waals surface area contributed by atoms with Crippen LogP contribution in [-0.2, 0) is 6.42 Å². The Morgan fingerprint density at radius 1 is 1.19 bits per heavy atom. The van der Waals surface area contributed by atoms with E-state index in [2.05, 4.69) is 19.1 Å². The highest BCUT2D eigenvalue weighted by Crippen LogP contribution is 2.13. The Bertz CT molecular complexity index is 290. The van der Waals surface area contributed by atoms with E-state index < -0.39 is 0 Å². The summed E-state index contributed by atoms with van der Waals surface area (Å²) in [6.45, 7) is 6.74. The van der Waals surface area contributed by atoms with Crippen LogP contribution in [0.1, 0.15) is 32.8 Å². The predicted octanol–water partition coefficient (Wildman–Crippen LogP) is 3.03. The predicted molar refractivity (Wildman–Crippen MR) is 66.8 cm³/mol. The number of rotatable bonds is 6. The van der Waals surface area contributed by atoms with Gasteiger partial charge in [-0.1, -0.05) is 32.9 Å². The molecule has 90 valence electrons. The lowest BCUT2D eigenvalue weighted by atomic mass is 10.1. The normalized spacial score (nSPS) is 12.8. The Kier molecular flexibility index (Phi) is 5.33. The maximum atomic E-state index is 9.61. The van der Waals surface area contributed by atoms with E-state index in [9.17, 15) is 5.11 Å². The molecule has 0 fully saturated rings. The van der Waals surface area contributed by atoms with Gasteiger partial charge in [0.15, 0.2) is 0 Å². The highest BCUT2D eigenvalue weighted by Gasteiger charge is 2.08. The molecule has 0 aliphatic rings. The highest BCUT2D eigenvalue weighted by atomic mass is 16.5. The molecule has 1 aromatic rings. The lowest BCUT2D eigenvalue weighted by molar-refractivity contribution is 0.0976. The molecule has 16 heavy (non-hydrogen) atoms. The number of benzene rings is 1. The second-order valence-electron chi connectivity index (χ2n) is 4.45. The summed E-state index contributed by atoms with van der Waals surface area (Å²) < 4.78 is 5.57. The molecule has 0 spiro atoms. The van der Waals surface area contributed by atoms with E-state index in [0.29, 0.717) is 18.9 Å². The van der Waals surface area contributed by atoms with Gasteiger partial charge in [0.2, 0.25) is 0 Å². The van der Waals surface area contributed by atoms with Gasteiger partial charge in [-0.05, 0) is 30.0 Å². The molecular formula is C14H22O2. The first kappa shape index (κ1) is 13.0. The molecule has 0 radical (unpaired) electrons. The average molecular weight is 222 g/mol. The Hall–Kier alpha value is -1.02. The standard InChI is InChI=1S/C14H22O2/c1-4-12-5-7-13(8-6-12)16-10-9-14(15)11(2)3/h5-8,11,14-15H,4,9-10H2,1-3H3. The van der Waals surface area contributed by atoms with Crippen molar-refractivity contribution in [2.75, 3.05) is 6.61 Å². The SMILES string of the molecule is CCc1ccc(OCCC(O)C(C)C)cc1. The molecule has 0 heterocycles. The van der Waals surface area contributed by atoms with Crippen molar-refractivity contribution < 1.29 is 9.84 Å². The van der Waals surface area contributed by atoms with Gasteiger partial charge < -0.3 is 9.84 Å². The van der Waals surface area contributed by atoms with Crippen LogP contribution in [0.3, 0.4) is 0 Å². The van der Waals surface area contributed by atoms with Crippen LogP contribution in [-0.4, -0.2) is 17.8 Å². The second-order valence-corrected chi connectivity index (χ2v) is 4.45. The minimum atomic E-state index is -0.269. The van der Waals surface area contributed by atoms with Crippen LogP contribution >= 0.6 is 0 Å². The molecule has 1 N–H and O–H groups in total. The fourth-order valence-electron chi connectivity index (χ4n) is 1.45. The summed E-state index contributed by atoms with van der Waals surface area (Å²) in [4.78, 5) is 0. The van der Waals surface area contributed by atoms with E-state index in [1.807, 2.05) is 26.0 Å². The van der Waals surface area contributed by atoms with Crippen molar-refractivity contribution in [2.24, 2.45) is 5.92 Å². The van der Waals surface area contributed by atoms with Crippen molar-refractivity contribution in [2.45, 2.75) is 39.7 Å². The molecule has 2 heteroatoms. The maximum absolute atomic E-state index is 9.61. The van der Waals surface area contributed by atoms with E-state index in [-0.39, 0.29) is 6.10 Å². The smallest absolute Gasteiger partial charge is 0.119 e. The minimum Gasteiger partial charge on any atom is -0.493 e. The molecule has 0 aromatic heterocycles. The Labute approximate surface area is 98.3 Å². The molecule has 0 saturated heterocycles. The van der Waals surface area contributed by atoms with Gasteiger partial charge in [0.05, 0.1) is 12.7 Å². The van der Waals surface area contributed by atoms with Gasteiger partial charge in [-0.3, -0.25) is 0 Å². The first-order chi connectivity index (χ1) is 7.63. The molecule has 0 saturated carbocycles. The summed E-state index contributed by atoms with van der Waals surface area (Å²) in [5, 5.41) is 9.61. The molecule has 0 aliphatic carbocycles. The number of ether oxygens (including phenoxy) is 1. The van der Waals surface area contributed by atoms with Crippen LogP contribution in [0.2, 0.25) is 0 Å². The zero-order valence-corrected chi connectivity index (χ0v) is 10.4. The summed E-state index contributed by atoms with van der Waals surface area (Å²) in [7, 11) is 0. The summed E-state index contributed by atoms with van der Waals surface area (Å²) in [5.41, 5.74) is 1.31. The molecule has 0 bridgehead atoms. The molecule has 1 atom stereocenters. The van der Waals surface area contributed by atoms with Crippen molar-refractivity contribution in [3.05, 3.63) is 29.8 Å². The third kappa shape index (κ3) is 4.23. The van der Waals surface area contributed by atoms with E-state index in [0.717, 1.165) is 12.2 Å². The summed E-state index contributed by atoms with van der Waals surface area (Å²) in [6.07, 6.45) is 1.47. The third-order valence-corrected chi connectivity index (χ3v) is 2.78. The quantitative estimate of drug-likeness (QED) is 0.801. The number of aryl methyl sites for hydroxylation is 1. The van der Waals surface area contributed by atoms with E-state index in [1.165, 1.54) is 5.56 Å². The van der Waals surface area contributed by atoms with Gasteiger partial charge in [-0.15, -0.1) is 0 Å². The van der Waals surface area contributed by atoms with Gasteiger partial charge in [0.1, 0.15) is 5.75 Å². The van der Waals surface area contributed by atoms with E-state index in [1.54, 1.807) is 0 Å². The lowest BCUT2D eigenvalue weighted by Gasteiger charge is -2.14. The summed E-state index contributed by atoms with van der Waals surface area (Å²) in [6, 6.07) is 8.13. The lowest BCUT2D eigenvalue weighted by Crippen LogP contribution is -2.17. The summed E-state index contributed by atoms with van der Waals surface area (Å²) >= 11 is 0. The Morgan fingerprint density at radius 2 is 1.81 bits per heavy atom. The van der Waals surface area contributed by atoms with Crippen LogP contribution in [0.4, 0.5) is 0 Å². The third-order valence-electron chi connectivity index (χ3n) is 2.78. The van der Waals surface area contributed by atoms with Gasteiger partial charge in [0, 0.05) is 6.42 Å². The Morgan fingerprint density at radius 3 is 2.31 bits per heavy atom. The highest BCUT2D eigenvalue weighted by molar-refractivity contribution is 5.27. The van der Waals surface area contributed by atoms with Crippen molar-refractivity contribution in [1.29, 1.82) is 0 Å². The van der Waals surface area contributed by atoms with Crippen LogP contribution < -0.4 is 4.74 Å². The van der Waals surface area contributed by atoms with Crippen molar-refractivity contribution >= 4 is 0 Å². The zero-order valence-electron chi connectivity index (χ0n) is 10.4. The first-order valence-electron chi connectivity index (χ1n) is 6.03. The van der Waals surface area contributed by atoms with Gasteiger partial charge in [-0.25, -0.2) is 0 Å². The van der Waals surface area contributed by atoms with Crippen LogP contribution in [0, 0.1) is 5.92 Å². The first-order valence-corrected chi connectivity index (χ1v) is 6.03. The maximum Gasteiger partial charge on any atom is 0.119 e. The summed E-state index contributed by atoms with van der Waals surface area (Å²) in [5.74, 6) is 1.18. The van der Waals surface area contributed by atoms with E-state index in [4.69, 9.17) is 4.74 Å². The van der Waals surface area contributed by atoms with E-state index >= 15 is 0 Å². The molecule has 1 rings (SSSR count). The number of aliphatic hydroxyl groups excluding tert-OH is 1. The fraction of sp³-hybridized carbons (Fsp3) is 0.571. The number of aliphatic hydroxyl groups is 1. The second kappa shape index (κ2) is 6.54. The van der Waals surface area contributed by atoms with Gasteiger partial charge in [-0.2, -0.15) is 0 Å². The van der Waals surface area contributed by atoms with Crippen LogP contribution in [0.25, 0.3) is 0 Å². The number of hydrogen-bond acceptors (Lipinski definition) is 2. The molecular weight excluding hydrogens is 200 g/mol. The minimum absolute atomic E-state index is 0.269. The number of hydrogen-bond donors (Lipinski definition) is 1. The monoisotopic (exact) mass is 222 g/mol. The van der Waals surface area contributed by atoms with Crippen molar-refractivity contribution in [1.82, 2.24) is 0 Å². The molecule has 2 nitrogen and oxygen atoms in total. The fourth-order valence-corrected chi connectivity index (χ4v) is 1.45. The average Bonchev–Trinajstić information content (AvgIpc) is 2.29. The largest absolute Gasteiger partial charge is 0.493 e. The molecule has 0 aliphatic heterocycles. The van der Waals surface area contributed by atoms with Crippen LogP contribution in [0.5, 0.6) is 5.75 Å². The zero-order chi connectivity index (χ0) is 12.0. The Balaban J connectivity index is 2.31. The van der Waals surface area contributed by atoms with Gasteiger partial charge >= 0.3 is 0 Å². The molecule has 0 amide bonds.